The zero-order valence-corrected chi connectivity index (χ0v) is 12.6. The Morgan fingerprint density at radius 2 is 1.71 bits per heavy atom. The van der Waals surface area contributed by atoms with E-state index in [1.807, 2.05) is 29.8 Å². The fourth-order valence-corrected chi connectivity index (χ4v) is 4.14. The molecule has 4 rings (SSSR count). The van der Waals surface area contributed by atoms with Gasteiger partial charge in [-0.15, -0.1) is 11.3 Å². The van der Waals surface area contributed by atoms with Gasteiger partial charge in [0.2, 0.25) is 0 Å². The molecule has 1 aromatic carbocycles. The second-order valence-electron chi connectivity index (χ2n) is 5.75. The van der Waals surface area contributed by atoms with Crippen LogP contribution < -0.4 is 0 Å². The Morgan fingerprint density at radius 3 is 2.48 bits per heavy atom. The van der Waals surface area contributed by atoms with Crippen LogP contribution in [0.1, 0.15) is 23.7 Å². The summed E-state index contributed by atoms with van der Waals surface area (Å²) >= 11 is 1.84. The molecular weight excluding hydrogens is 278 g/mol. The highest BCUT2D eigenvalue weighted by molar-refractivity contribution is 7.18. The smallest absolute Gasteiger partial charge is 0.128 e. The van der Waals surface area contributed by atoms with E-state index in [1.165, 1.54) is 22.5 Å². The van der Waals surface area contributed by atoms with Gasteiger partial charge < -0.3 is 0 Å². The first-order chi connectivity index (χ1) is 10.4. The number of benzene rings is 1. The first-order valence-corrected chi connectivity index (χ1v) is 8.30. The van der Waals surface area contributed by atoms with Crippen molar-refractivity contribution < 1.29 is 0 Å². The van der Waals surface area contributed by atoms with Crippen molar-refractivity contribution in [3.05, 3.63) is 53.6 Å². The van der Waals surface area contributed by atoms with E-state index >= 15 is 0 Å². The van der Waals surface area contributed by atoms with Gasteiger partial charge in [-0.3, -0.25) is 0 Å². The molecule has 0 spiro atoms. The fourth-order valence-electron chi connectivity index (χ4n) is 3.08. The third-order valence-electron chi connectivity index (χ3n) is 4.41. The van der Waals surface area contributed by atoms with Crippen LogP contribution in [0.25, 0.3) is 10.2 Å². The quantitative estimate of drug-likeness (QED) is 0.733. The summed E-state index contributed by atoms with van der Waals surface area (Å²) in [5.41, 5.74) is 1.14. The van der Waals surface area contributed by atoms with Crippen molar-refractivity contribution in [2.45, 2.75) is 25.7 Å². The number of nitrogens with zero attached hydrogens (tertiary/aromatic N) is 3. The van der Waals surface area contributed by atoms with Gasteiger partial charge in [0.05, 0.1) is 15.2 Å². The largest absolute Gasteiger partial charge is 0.241 e. The van der Waals surface area contributed by atoms with Gasteiger partial charge in [-0.1, -0.05) is 12.1 Å². The summed E-state index contributed by atoms with van der Waals surface area (Å²) in [7, 11) is 0. The monoisotopic (exact) mass is 295 g/mol. The second-order valence-corrected chi connectivity index (χ2v) is 6.86. The molecule has 0 aliphatic heterocycles. The highest BCUT2D eigenvalue weighted by Gasteiger charge is 2.32. The predicted molar refractivity (Wildman–Crippen MR) is 85.3 cm³/mol. The fraction of sp³-hybridized carbons (Fsp3) is 0.353. The molecule has 1 fully saturated rings. The Bertz CT molecular complexity index is 705. The van der Waals surface area contributed by atoms with Crippen LogP contribution in [0, 0.1) is 11.8 Å². The summed E-state index contributed by atoms with van der Waals surface area (Å²) in [6.45, 7) is 0. The van der Waals surface area contributed by atoms with Crippen molar-refractivity contribution in [2.75, 3.05) is 0 Å². The van der Waals surface area contributed by atoms with Crippen LogP contribution in [-0.2, 0) is 12.8 Å². The van der Waals surface area contributed by atoms with Gasteiger partial charge >= 0.3 is 0 Å². The minimum atomic E-state index is 0.722. The summed E-state index contributed by atoms with van der Waals surface area (Å²) in [6, 6.07) is 10.3. The van der Waals surface area contributed by atoms with Gasteiger partial charge in [-0.05, 0) is 42.9 Å². The van der Waals surface area contributed by atoms with Crippen molar-refractivity contribution >= 4 is 21.6 Å². The van der Waals surface area contributed by atoms with Crippen LogP contribution >= 0.6 is 11.3 Å². The standard InChI is InChI=1S/C17H17N3S/c1-2-5-15-14(4-1)20-17(21-15)11-13-7-6-12(13)10-16-18-8-3-9-19-16/h1-5,8-9,12-13H,6-7,10-11H2. The van der Waals surface area contributed by atoms with E-state index in [1.54, 1.807) is 0 Å². The molecule has 4 heteroatoms. The maximum atomic E-state index is 4.76. The number of rotatable bonds is 4. The third-order valence-corrected chi connectivity index (χ3v) is 5.47. The van der Waals surface area contributed by atoms with E-state index in [2.05, 4.69) is 34.2 Å². The topological polar surface area (TPSA) is 38.7 Å². The highest BCUT2D eigenvalue weighted by Crippen LogP contribution is 2.39. The number of hydrogen-bond donors (Lipinski definition) is 0. The van der Waals surface area contributed by atoms with Gasteiger partial charge in [-0.2, -0.15) is 0 Å². The van der Waals surface area contributed by atoms with Crippen molar-refractivity contribution in [3.63, 3.8) is 0 Å². The normalized spacial score (nSPS) is 21.3. The molecule has 0 N–H and O–H groups in total. The maximum Gasteiger partial charge on any atom is 0.128 e. The van der Waals surface area contributed by atoms with Crippen LogP contribution in [0.15, 0.2) is 42.7 Å². The van der Waals surface area contributed by atoms with E-state index in [0.717, 1.165) is 36.0 Å². The second kappa shape index (κ2) is 5.53. The lowest BCUT2D eigenvalue weighted by molar-refractivity contribution is 0.172. The summed E-state index contributed by atoms with van der Waals surface area (Å²) in [4.78, 5) is 13.5. The van der Waals surface area contributed by atoms with E-state index in [0.29, 0.717) is 0 Å². The van der Waals surface area contributed by atoms with Crippen molar-refractivity contribution in [1.29, 1.82) is 0 Å². The van der Waals surface area contributed by atoms with Crippen LogP contribution in [0.2, 0.25) is 0 Å². The highest BCUT2D eigenvalue weighted by atomic mass is 32.1. The Morgan fingerprint density at radius 1 is 0.952 bits per heavy atom. The van der Waals surface area contributed by atoms with Crippen LogP contribution in [0.5, 0.6) is 0 Å². The molecule has 106 valence electrons. The van der Waals surface area contributed by atoms with Crippen LogP contribution in [0.4, 0.5) is 0 Å². The summed E-state index contributed by atoms with van der Waals surface area (Å²) in [5.74, 6) is 2.45. The molecule has 1 aliphatic carbocycles. The van der Waals surface area contributed by atoms with Crippen molar-refractivity contribution in [3.8, 4) is 0 Å². The Hall–Kier alpha value is -1.81. The van der Waals surface area contributed by atoms with Crippen LogP contribution in [0.3, 0.4) is 0 Å². The van der Waals surface area contributed by atoms with E-state index in [4.69, 9.17) is 4.98 Å². The Balaban J connectivity index is 1.45. The molecule has 2 unspecified atom stereocenters. The molecule has 0 radical (unpaired) electrons. The van der Waals surface area contributed by atoms with Crippen LogP contribution in [-0.4, -0.2) is 15.0 Å². The van der Waals surface area contributed by atoms with E-state index in [-0.39, 0.29) is 0 Å². The van der Waals surface area contributed by atoms with Gasteiger partial charge in [0.1, 0.15) is 5.82 Å². The van der Waals surface area contributed by atoms with Gasteiger partial charge in [0.15, 0.2) is 0 Å². The Labute approximate surface area is 128 Å². The molecule has 1 saturated carbocycles. The SMILES string of the molecule is c1cnc(CC2CCC2Cc2nc3ccccc3s2)nc1. The summed E-state index contributed by atoms with van der Waals surface area (Å²) in [6.07, 6.45) is 8.40. The first kappa shape index (κ1) is 12.9. The minimum Gasteiger partial charge on any atom is -0.241 e. The lowest BCUT2D eigenvalue weighted by Gasteiger charge is -2.35. The lowest BCUT2D eigenvalue weighted by atomic mass is 9.70. The van der Waals surface area contributed by atoms with Gasteiger partial charge in [-0.25, -0.2) is 15.0 Å². The summed E-state index contributed by atoms with van der Waals surface area (Å²) < 4.78 is 1.30. The first-order valence-electron chi connectivity index (χ1n) is 7.49. The number of fused-ring (bicyclic) bond motifs is 1. The average molecular weight is 295 g/mol. The summed E-state index contributed by atoms with van der Waals surface area (Å²) in [5, 5.41) is 1.28. The third kappa shape index (κ3) is 2.68. The van der Waals surface area contributed by atoms with E-state index in [9.17, 15) is 0 Å². The van der Waals surface area contributed by atoms with E-state index < -0.39 is 0 Å². The molecular formula is C17H17N3S. The van der Waals surface area contributed by atoms with Crippen molar-refractivity contribution in [2.24, 2.45) is 11.8 Å². The number of para-hydroxylation sites is 1. The molecule has 1 aliphatic rings. The zero-order valence-electron chi connectivity index (χ0n) is 11.8. The predicted octanol–water partition coefficient (Wildman–Crippen LogP) is 3.90. The maximum absolute atomic E-state index is 4.76. The molecule has 21 heavy (non-hydrogen) atoms. The Kier molecular flexibility index (Phi) is 3.39. The molecule has 2 heterocycles. The molecule has 2 aromatic heterocycles. The number of thiazole rings is 1. The number of aromatic nitrogens is 3. The molecule has 2 atom stereocenters. The minimum absolute atomic E-state index is 0.722. The molecule has 0 amide bonds. The van der Waals surface area contributed by atoms with Gasteiger partial charge in [0, 0.05) is 25.2 Å². The van der Waals surface area contributed by atoms with Gasteiger partial charge in [0.25, 0.3) is 0 Å². The van der Waals surface area contributed by atoms with Crippen molar-refractivity contribution in [1.82, 2.24) is 15.0 Å². The average Bonchev–Trinajstić information content (AvgIpc) is 2.93. The molecule has 3 nitrogen and oxygen atoms in total. The lowest BCUT2D eigenvalue weighted by Crippen LogP contribution is -2.30. The number of hydrogen-bond acceptors (Lipinski definition) is 4. The molecule has 0 saturated heterocycles. The zero-order chi connectivity index (χ0) is 14.1. The molecule has 3 aromatic rings. The molecule has 0 bridgehead atoms.